The van der Waals surface area contributed by atoms with Gasteiger partial charge in [0.2, 0.25) is 0 Å². The van der Waals surface area contributed by atoms with Crippen LogP contribution in [0.3, 0.4) is 0 Å². The van der Waals surface area contributed by atoms with Gasteiger partial charge >= 0.3 is 0 Å². The fourth-order valence-electron chi connectivity index (χ4n) is 0.709. The largest absolute Gasteiger partial charge is 0.251 e. The molecule has 0 amide bonds. The van der Waals surface area contributed by atoms with Crippen LogP contribution in [0.25, 0.3) is 0 Å². The van der Waals surface area contributed by atoms with Gasteiger partial charge in [0.15, 0.2) is 0 Å². The zero-order valence-corrected chi connectivity index (χ0v) is 6.45. The predicted octanol–water partition coefficient (Wildman–Crippen LogP) is 3.33. The van der Waals surface area contributed by atoms with E-state index in [0.717, 1.165) is 0 Å². The minimum absolute atomic E-state index is 0.336. The van der Waals surface area contributed by atoms with Gasteiger partial charge in [-0.15, -0.1) is 0 Å². The molecule has 62 valence electrons. The molecule has 0 nitrogen and oxygen atoms in total. The van der Waals surface area contributed by atoms with Gasteiger partial charge in [-0.3, -0.25) is 4.39 Å². The summed E-state index contributed by atoms with van der Waals surface area (Å²) in [5, 5.41) is 0. The van der Waals surface area contributed by atoms with Crippen LogP contribution in [-0.4, -0.2) is 6.67 Å². The first-order valence-electron chi connectivity index (χ1n) is 3.44. The van der Waals surface area contributed by atoms with E-state index in [2.05, 4.69) is 13.2 Å². The summed E-state index contributed by atoms with van der Waals surface area (Å²) in [6, 6.07) is 0. The molecule has 0 unspecified atom stereocenters. The summed E-state index contributed by atoms with van der Waals surface area (Å²) in [4.78, 5) is 0. The van der Waals surface area contributed by atoms with E-state index in [-0.39, 0.29) is 0 Å². The zero-order chi connectivity index (χ0) is 8.69. The highest BCUT2D eigenvalue weighted by Crippen LogP contribution is 2.15. The smallest absolute Gasteiger partial charge is 0.119 e. The summed E-state index contributed by atoms with van der Waals surface area (Å²) >= 11 is 0. The summed E-state index contributed by atoms with van der Waals surface area (Å²) in [6.45, 7) is 6.11. The molecule has 0 saturated heterocycles. The fourth-order valence-corrected chi connectivity index (χ4v) is 0.709. The quantitative estimate of drug-likeness (QED) is 0.538. The van der Waals surface area contributed by atoms with Crippen molar-refractivity contribution in [2.75, 3.05) is 6.67 Å². The minimum Gasteiger partial charge on any atom is -0.251 e. The maximum Gasteiger partial charge on any atom is 0.119 e. The molecule has 0 radical (unpaired) electrons. The predicted molar refractivity (Wildman–Crippen MR) is 43.7 cm³/mol. The van der Waals surface area contributed by atoms with E-state index in [9.17, 15) is 8.78 Å². The molecule has 2 heteroatoms. The number of allylic oxidation sites excluding steroid dienone is 4. The van der Waals surface area contributed by atoms with Crippen molar-refractivity contribution in [3.63, 3.8) is 0 Å². The first kappa shape index (κ1) is 10.1. The summed E-state index contributed by atoms with van der Waals surface area (Å²) in [5.41, 5.74) is 0.428. The zero-order valence-electron chi connectivity index (χ0n) is 6.45. The summed E-state index contributed by atoms with van der Waals surface area (Å²) < 4.78 is 24.1. The van der Waals surface area contributed by atoms with Crippen LogP contribution in [-0.2, 0) is 0 Å². The molecule has 0 atom stereocenters. The molecule has 0 aliphatic heterocycles. The average Bonchev–Trinajstić information content (AvgIpc) is 1.97. The normalized spacial score (nSPS) is 11.3. The molecule has 0 aromatic heterocycles. The van der Waals surface area contributed by atoms with Crippen LogP contribution in [0.1, 0.15) is 12.8 Å². The van der Waals surface area contributed by atoms with Gasteiger partial charge < -0.3 is 0 Å². The lowest BCUT2D eigenvalue weighted by atomic mass is 10.1. The molecular formula is C9H12F2. The van der Waals surface area contributed by atoms with Crippen molar-refractivity contribution in [3.05, 3.63) is 36.7 Å². The molecule has 0 bridgehead atoms. The van der Waals surface area contributed by atoms with Gasteiger partial charge in [-0.05, 0) is 18.4 Å². The maximum atomic E-state index is 12.4. The van der Waals surface area contributed by atoms with Gasteiger partial charge in [0, 0.05) is 0 Å². The molecule has 0 aliphatic rings. The highest BCUT2D eigenvalue weighted by Gasteiger charge is 1.99. The molecule has 0 N–H and O–H groups in total. The van der Waals surface area contributed by atoms with Crippen molar-refractivity contribution in [2.24, 2.45) is 0 Å². The van der Waals surface area contributed by atoms with Crippen LogP contribution < -0.4 is 0 Å². The number of hydrogen-bond donors (Lipinski definition) is 0. The van der Waals surface area contributed by atoms with Gasteiger partial charge in [-0.2, -0.15) is 0 Å². The third-order valence-electron chi connectivity index (χ3n) is 1.25. The van der Waals surface area contributed by atoms with Crippen molar-refractivity contribution in [3.8, 4) is 0 Å². The number of halogens is 2. The molecular weight excluding hydrogens is 146 g/mol. The Hall–Kier alpha value is -0.920. The van der Waals surface area contributed by atoms with Crippen molar-refractivity contribution < 1.29 is 8.78 Å². The Kier molecular flexibility index (Phi) is 5.35. The lowest BCUT2D eigenvalue weighted by molar-refractivity contribution is 0.470. The van der Waals surface area contributed by atoms with E-state index in [4.69, 9.17) is 0 Å². The van der Waals surface area contributed by atoms with Crippen LogP contribution in [0, 0.1) is 0 Å². The molecule has 11 heavy (non-hydrogen) atoms. The number of hydrogen-bond acceptors (Lipinski definition) is 0. The van der Waals surface area contributed by atoms with Crippen LogP contribution in [0.4, 0.5) is 8.78 Å². The van der Waals surface area contributed by atoms with Crippen LogP contribution in [0.5, 0.6) is 0 Å². The molecule has 0 spiro atoms. The molecule has 0 aromatic rings. The third kappa shape index (κ3) is 4.48. The first-order valence-corrected chi connectivity index (χ1v) is 3.44. The number of rotatable bonds is 5. The Balaban J connectivity index is 4.00. The second-order valence-corrected chi connectivity index (χ2v) is 2.13. The van der Waals surface area contributed by atoms with E-state index in [0.29, 0.717) is 18.4 Å². The Morgan fingerprint density at radius 1 is 1.45 bits per heavy atom. The highest BCUT2D eigenvalue weighted by molar-refractivity contribution is 5.25. The second kappa shape index (κ2) is 5.83. The summed E-state index contributed by atoms with van der Waals surface area (Å²) in [5.74, 6) is -0.502. The van der Waals surface area contributed by atoms with Gasteiger partial charge in [0.25, 0.3) is 0 Å². The van der Waals surface area contributed by atoms with E-state index in [1.165, 1.54) is 12.2 Å². The molecule has 0 rings (SSSR count). The van der Waals surface area contributed by atoms with Gasteiger partial charge in [0.1, 0.15) is 5.83 Å². The van der Waals surface area contributed by atoms with Crippen molar-refractivity contribution in [1.29, 1.82) is 0 Å². The molecule has 0 saturated carbocycles. The molecule has 0 fully saturated rings. The lowest BCUT2D eigenvalue weighted by Gasteiger charge is -1.99. The van der Waals surface area contributed by atoms with Crippen LogP contribution in [0.15, 0.2) is 36.7 Å². The summed E-state index contributed by atoms with van der Waals surface area (Å²) in [7, 11) is 0. The Bertz CT molecular complexity index is 168. The summed E-state index contributed by atoms with van der Waals surface area (Å²) in [6.07, 6.45) is 3.71. The van der Waals surface area contributed by atoms with Crippen LogP contribution >= 0.6 is 0 Å². The fraction of sp³-hybridized carbons (Fsp3) is 0.333. The van der Waals surface area contributed by atoms with Gasteiger partial charge in [-0.25, -0.2) is 4.39 Å². The lowest BCUT2D eigenvalue weighted by Crippen LogP contribution is -1.84. The Morgan fingerprint density at radius 3 is 2.45 bits per heavy atom. The monoisotopic (exact) mass is 158 g/mol. The topological polar surface area (TPSA) is 0 Å². The number of alkyl halides is 1. The highest BCUT2D eigenvalue weighted by atomic mass is 19.1. The van der Waals surface area contributed by atoms with Gasteiger partial charge in [-0.1, -0.05) is 25.3 Å². The van der Waals surface area contributed by atoms with Crippen molar-refractivity contribution in [1.82, 2.24) is 0 Å². The van der Waals surface area contributed by atoms with E-state index in [1.54, 1.807) is 0 Å². The third-order valence-corrected chi connectivity index (χ3v) is 1.25. The average molecular weight is 158 g/mol. The first-order chi connectivity index (χ1) is 5.22. The van der Waals surface area contributed by atoms with Gasteiger partial charge in [0.05, 0.1) is 6.67 Å². The van der Waals surface area contributed by atoms with Crippen LogP contribution in [0.2, 0.25) is 0 Å². The van der Waals surface area contributed by atoms with Crippen molar-refractivity contribution in [2.45, 2.75) is 12.8 Å². The second-order valence-electron chi connectivity index (χ2n) is 2.13. The standard InChI is InChI=1S/C9H12F2/c1-3-5-9(8(2)11)6-4-7-10/h3,5H,1-2,4,6-7H2/b9-5-. The molecule has 0 aromatic carbocycles. The van der Waals surface area contributed by atoms with Crippen molar-refractivity contribution >= 4 is 0 Å². The Morgan fingerprint density at radius 2 is 2.09 bits per heavy atom. The molecule has 0 aliphatic carbocycles. The Labute approximate surface area is 65.9 Å². The maximum absolute atomic E-state index is 12.4. The SMILES string of the molecule is C=C/C=C(/CCCF)C(=C)F. The van der Waals surface area contributed by atoms with E-state index in [1.807, 2.05) is 0 Å². The minimum atomic E-state index is -0.502. The van der Waals surface area contributed by atoms with E-state index >= 15 is 0 Å². The van der Waals surface area contributed by atoms with E-state index < -0.39 is 12.5 Å². The molecule has 0 heterocycles.